The zero-order valence-corrected chi connectivity index (χ0v) is 23.6. The van der Waals surface area contributed by atoms with E-state index < -0.39 is 21.4 Å². The molecule has 2 aliphatic heterocycles. The normalized spacial score (nSPS) is 17.2. The average molecular weight is 581 g/mol. The number of sulfonamides is 1. The highest BCUT2D eigenvalue weighted by Crippen LogP contribution is 2.40. The van der Waals surface area contributed by atoms with Crippen LogP contribution in [0.1, 0.15) is 18.4 Å². The molecule has 2 saturated heterocycles. The van der Waals surface area contributed by atoms with Gasteiger partial charge in [-0.25, -0.2) is 12.8 Å². The molecule has 216 valence electrons. The van der Waals surface area contributed by atoms with Crippen molar-refractivity contribution < 1.29 is 27.1 Å². The van der Waals surface area contributed by atoms with Crippen molar-refractivity contribution in [2.75, 3.05) is 44.9 Å². The number of ether oxygens (including phenoxy) is 1. The molecule has 2 heterocycles. The highest BCUT2D eigenvalue weighted by molar-refractivity contribution is 7.89. The number of para-hydroxylation sites is 2. The van der Waals surface area contributed by atoms with Crippen molar-refractivity contribution in [3.05, 3.63) is 90.2 Å². The lowest BCUT2D eigenvalue weighted by Gasteiger charge is -2.42. The second-order valence-electron chi connectivity index (χ2n) is 10.2. The summed E-state index contributed by atoms with van der Waals surface area (Å²) in [6.07, 6.45) is 1.10. The van der Waals surface area contributed by atoms with Crippen LogP contribution in [0.5, 0.6) is 5.75 Å². The number of hydrogen-bond donors (Lipinski definition) is 1. The predicted molar refractivity (Wildman–Crippen MR) is 152 cm³/mol. The topological polar surface area (TPSA) is 99.3 Å². The summed E-state index contributed by atoms with van der Waals surface area (Å²) >= 11 is 0. The molecule has 2 aliphatic rings. The van der Waals surface area contributed by atoms with E-state index in [1.807, 2.05) is 59.5 Å². The monoisotopic (exact) mass is 580 g/mol. The number of benzene rings is 3. The quantitative estimate of drug-likeness (QED) is 0.418. The Kier molecular flexibility index (Phi) is 8.27. The molecule has 1 spiro atoms. The van der Waals surface area contributed by atoms with E-state index in [1.165, 1.54) is 21.3 Å². The molecule has 9 nitrogen and oxygen atoms in total. The summed E-state index contributed by atoms with van der Waals surface area (Å²) in [5.74, 6) is -0.222. The Morgan fingerprint density at radius 1 is 0.976 bits per heavy atom. The van der Waals surface area contributed by atoms with E-state index in [2.05, 4.69) is 5.32 Å². The van der Waals surface area contributed by atoms with Crippen LogP contribution in [0.15, 0.2) is 83.8 Å². The van der Waals surface area contributed by atoms with Crippen molar-refractivity contribution >= 4 is 27.5 Å². The molecular weight excluding hydrogens is 547 g/mol. The highest BCUT2D eigenvalue weighted by atomic mass is 32.2. The van der Waals surface area contributed by atoms with Crippen molar-refractivity contribution in [3.8, 4) is 5.75 Å². The Balaban J connectivity index is 1.28. The van der Waals surface area contributed by atoms with E-state index >= 15 is 0 Å². The molecule has 11 heteroatoms. The predicted octanol–water partition coefficient (Wildman–Crippen LogP) is 3.02. The summed E-state index contributed by atoms with van der Waals surface area (Å²) in [4.78, 5) is 30.4. The van der Waals surface area contributed by atoms with Gasteiger partial charge in [0.25, 0.3) is 0 Å². The van der Waals surface area contributed by atoms with E-state index in [4.69, 9.17) is 4.74 Å². The molecule has 41 heavy (non-hydrogen) atoms. The minimum atomic E-state index is -3.85. The third-order valence-corrected chi connectivity index (χ3v) is 9.74. The van der Waals surface area contributed by atoms with Gasteiger partial charge in [0.1, 0.15) is 23.7 Å². The minimum absolute atomic E-state index is 0.0129. The maximum Gasteiger partial charge on any atom is 0.250 e. The minimum Gasteiger partial charge on any atom is -0.496 e. The maximum atomic E-state index is 13.9. The molecule has 1 N–H and O–H groups in total. The lowest BCUT2D eigenvalue weighted by Crippen LogP contribution is -2.57. The molecule has 0 aliphatic carbocycles. The molecule has 3 aromatic rings. The Morgan fingerprint density at radius 3 is 2.32 bits per heavy atom. The first-order valence-electron chi connectivity index (χ1n) is 13.5. The molecule has 0 aromatic heterocycles. The number of methoxy groups -OCH3 is 1. The Bertz CT molecular complexity index is 1490. The molecular formula is C30H33FN4O5S. The first-order chi connectivity index (χ1) is 19.7. The lowest BCUT2D eigenvalue weighted by molar-refractivity contribution is -0.137. The third kappa shape index (κ3) is 5.77. The van der Waals surface area contributed by atoms with Gasteiger partial charge in [0.15, 0.2) is 0 Å². The van der Waals surface area contributed by atoms with E-state index in [0.29, 0.717) is 13.0 Å². The van der Waals surface area contributed by atoms with Gasteiger partial charge in [0, 0.05) is 25.3 Å². The fourth-order valence-electron chi connectivity index (χ4n) is 5.65. The molecule has 0 unspecified atom stereocenters. The van der Waals surface area contributed by atoms with E-state index in [-0.39, 0.29) is 55.9 Å². The number of nitrogens with zero attached hydrogens (tertiary/aromatic N) is 3. The molecule has 0 saturated carbocycles. The van der Waals surface area contributed by atoms with Crippen molar-refractivity contribution in [2.45, 2.75) is 29.7 Å². The second kappa shape index (κ2) is 11.9. The Morgan fingerprint density at radius 2 is 1.63 bits per heavy atom. The smallest absolute Gasteiger partial charge is 0.250 e. The molecule has 3 aromatic carbocycles. The van der Waals surface area contributed by atoms with Gasteiger partial charge in [-0.3, -0.25) is 9.59 Å². The van der Waals surface area contributed by atoms with Gasteiger partial charge in [-0.2, -0.15) is 4.31 Å². The largest absolute Gasteiger partial charge is 0.496 e. The number of anilines is 1. The summed E-state index contributed by atoms with van der Waals surface area (Å²) in [6, 6.07) is 21.8. The number of hydrogen-bond acceptors (Lipinski definition) is 6. The molecule has 5 rings (SSSR count). The van der Waals surface area contributed by atoms with Gasteiger partial charge in [-0.05, 0) is 67.3 Å². The van der Waals surface area contributed by atoms with Crippen LogP contribution in [-0.2, 0) is 26.0 Å². The number of carbonyl (C=O) groups is 2. The van der Waals surface area contributed by atoms with Gasteiger partial charge >= 0.3 is 0 Å². The van der Waals surface area contributed by atoms with Gasteiger partial charge in [0.2, 0.25) is 21.8 Å². The first-order valence-corrected chi connectivity index (χ1v) is 14.9. The van der Waals surface area contributed by atoms with Crippen LogP contribution in [0.2, 0.25) is 0 Å². The van der Waals surface area contributed by atoms with Crippen LogP contribution >= 0.6 is 0 Å². The number of nitrogens with one attached hydrogen (secondary N) is 1. The van der Waals surface area contributed by atoms with Crippen molar-refractivity contribution in [1.29, 1.82) is 0 Å². The standard InChI is InChI=1S/C30H33FN4O5S/c1-40-27-10-6-5-7-23(27)15-18-32-28(36)21-33-22-35(25-8-3-2-4-9-25)30(29(33)37)16-19-34(20-17-30)41(38,39)26-13-11-24(31)12-14-26/h2-14H,15-22H2,1H3,(H,32,36). The number of carbonyl (C=O) groups excluding carboxylic acids is 2. The summed E-state index contributed by atoms with van der Waals surface area (Å²) < 4.78 is 46.5. The lowest BCUT2D eigenvalue weighted by atomic mass is 9.86. The van der Waals surface area contributed by atoms with E-state index in [9.17, 15) is 22.4 Å². The summed E-state index contributed by atoms with van der Waals surface area (Å²) in [7, 11) is -2.24. The van der Waals surface area contributed by atoms with Gasteiger partial charge in [-0.1, -0.05) is 36.4 Å². The zero-order valence-electron chi connectivity index (χ0n) is 22.8. The SMILES string of the molecule is COc1ccccc1CCNC(=O)CN1CN(c2ccccc2)C2(CCN(S(=O)(=O)c3ccc(F)cc3)CC2)C1=O. The van der Waals surface area contributed by atoms with Gasteiger partial charge in [-0.15, -0.1) is 0 Å². The molecule has 2 fully saturated rings. The average Bonchev–Trinajstić information content (AvgIpc) is 3.24. The van der Waals surface area contributed by atoms with Gasteiger partial charge in [0.05, 0.1) is 18.7 Å². The van der Waals surface area contributed by atoms with Crippen LogP contribution in [0.3, 0.4) is 0 Å². The van der Waals surface area contributed by atoms with Crippen molar-refractivity contribution in [1.82, 2.24) is 14.5 Å². The molecule has 2 amide bonds. The fourth-order valence-corrected chi connectivity index (χ4v) is 7.09. The van der Waals surface area contributed by atoms with Crippen LogP contribution in [0.4, 0.5) is 10.1 Å². The highest BCUT2D eigenvalue weighted by Gasteiger charge is 2.55. The number of halogens is 1. The van der Waals surface area contributed by atoms with Crippen molar-refractivity contribution in [3.63, 3.8) is 0 Å². The number of amides is 2. The summed E-state index contributed by atoms with van der Waals surface area (Å²) in [5, 5.41) is 2.90. The summed E-state index contributed by atoms with van der Waals surface area (Å²) in [6.45, 7) is 0.743. The first kappa shape index (κ1) is 28.6. The third-order valence-electron chi connectivity index (χ3n) is 7.83. The van der Waals surface area contributed by atoms with Crippen LogP contribution in [0, 0.1) is 5.82 Å². The number of piperidine rings is 1. The second-order valence-corrected chi connectivity index (χ2v) is 12.1. The molecule has 0 atom stereocenters. The van der Waals surface area contributed by atoms with Gasteiger partial charge < -0.3 is 19.9 Å². The Hall–Kier alpha value is -3.96. The molecule has 0 bridgehead atoms. The fraction of sp³-hybridized carbons (Fsp3) is 0.333. The maximum absolute atomic E-state index is 13.9. The Labute approximate surface area is 239 Å². The zero-order chi connectivity index (χ0) is 29.0. The van der Waals surface area contributed by atoms with Crippen LogP contribution < -0.4 is 15.0 Å². The van der Waals surface area contributed by atoms with E-state index in [0.717, 1.165) is 29.1 Å². The summed E-state index contributed by atoms with van der Waals surface area (Å²) in [5.41, 5.74) is 0.826. The van der Waals surface area contributed by atoms with Crippen molar-refractivity contribution in [2.24, 2.45) is 0 Å². The van der Waals surface area contributed by atoms with E-state index in [1.54, 1.807) is 7.11 Å². The van der Waals surface area contributed by atoms with Crippen LogP contribution in [0.25, 0.3) is 0 Å². The van der Waals surface area contributed by atoms with Crippen LogP contribution in [-0.4, -0.2) is 74.9 Å². The molecule has 0 radical (unpaired) electrons. The number of rotatable bonds is 9.